The SMILES string of the molecule is CN(CC(=O)Nc1ccc(N2CCOCC2)cc1)Cc1nc(-c2cccc([N+](=O)[O-])c2)no1. The lowest BCUT2D eigenvalue weighted by Gasteiger charge is -2.28. The summed E-state index contributed by atoms with van der Waals surface area (Å²) in [5.41, 5.74) is 2.26. The van der Waals surface area contributed by atoms with Gasteiger partial charge in [0.25, 0.3) is 5.69 Å². The van der Waals surface area contributed by atoms with E-state index in [0.717, 1.165) is 37.7 Å². The zero-order valence-corrected chi connectivity index (χ0v) is 18.1. The van der Waals surface area contributed by atoms with Gasteiger partial charge in [0.2, 0.25) is 17.6 Å². The van der Waals surface area contributed by atoms with Gasteiger partial charge in [-0.25, -0.2) is 0 Å². The van der Waals surface area contributed by atoms with Crippen LogP contribution in [0.3, 0.4) is 0 Å². The number of hydrogen-bond donors (Lipinski definition) is 1. The highest BCUT2D eigenvalue weighted by Crippen LogP contribution is 2.22. The summed E-state index contributed by atoms with van der Waals surface area (Å²) in [6.07, 6.45) is 0. The van der Waals surface area contributed by atoms with Crippen LogP contribution in [-0.2, 0) is 16.1 Å². The van der Waals surface area contributed by atoms with Crippen molar-refractivity contribution in [2.24, 2.45) is 0 Å². The van der Waals surface area contributed by atoms with E-state index in [1.165, 1.54) is 12.1 Å². The molecule has 1 aromatic heterocycles. The van der Waals surface area contributed by atoms with Gasteiger partial charge in [-0.1, -0.05) is 17.3 Å². The lowest BCUT2D eigenvalue weighted by molar-refractivity contribution is -0.384. The third kappa shape index (κ3) is 5.90. The number of nitrogens with zero attached hydrogens (tertiary/aromatic N) is 5. The zero-order chi connectivity index (χ0) is 23.2. The van der Waals surface area contributed by atoms with Gasteiger partial charge < -0.3 is 19.5 Å². The molecule has 0 saturated carbocycles. The number of nitrogens with one attached hydrogen (secondary N) is 1. The monoisotopic (exact) mass is 452 g/mol. The van der Waals surface area contributed by atoms with Crippen molar-refractivity contribution in [1.29, 1.82) is 0 Å². The summed E-state index contributed by atoms with van der Waals surface area (Å²) < 4.78 is 10.6. The van der Waals surface area contributed by atoms with Crippen molar-refractivity contribution >= 4 is 23.0 Å². The molecule has 2 aromatic carbocycles. The second kappa shape index (κ2) is 10.2. The first kappa shape index (κ1) is 22.4. The van der Waals surface area contributed by atoms with E-state index in [-0.39, 0.29) is 30.5 Å². The molecule has 0 radical (unpaired) electrons. The van der Waals surface area contributed by atoms with E-state index in [1.54, 1.807) is 24.1 Å². The fourth-order valence-electron chi connectivity index (χ4n) is 3.50. The summed E-state index contributed by atoms with van der Waals surface area (Å²) in [6, 6.07) is 13.7. The summed E-state index contributed by atoms with van der Waals surface area (Å²) in [7, 11) is 1.76. The van der Waals surface area contributed by atoms with Gasteiger partial charge in [-0.05, 0) is 31.3 Å². The van der Waals surface area contributed by atoms with Gasteiger partial charge in [-0.3, -0.25) is 19.8 Å². The van der Waals surface area contributed by atoms with Gasteiger partial charge in [0.15, 0.2) is 0 Å². The van der Waals surface area contributed by atoms with Gasteiger partial charge in [0.1, 0.15) is 0 Å². The smallest absolute Gasteiger partial charge is 0.270 e. The minimum Gasteiger partial charge on any atom is -0.378 e. The van der Waals surface area contributed by atoms with E-state index in [1.807, 2.05) is 24.3 Å². The molecule has 0 aliphatic carbocycles. The molecule has 1 aliphatic heterocycles. The van der Waals surface area contributed by atoms with E-state index in [4.69, 9.17) is 9.26 Å². The summed E-state index contributed by atoms with van der Waals surface area (Å²) in [6.45, 7) is 3.53. The van der Waals surface area contributed by atoms with Crippen LogP contribution in [0.4, 0.5) is 17.1 Å². The number of anilines is 2. The number of benzene rings is 2. The first-order chi connectivity index (χ1) is 16.0. The second-order valence-corrected chi connectivity index (χ2v) is 7.69. The highest BCUT2D eigenvalue weighted by Gasteiger charge is 2.16. The molecule has 3 aromatic rings. The number of nitro groups is 1. The van der Waals surface area contributed by atoms with E-state index in [9.17, 15) is 14.9 Å². The molecule has 1 amide bonds. The van der Waals surface area contributed by atoms with Crippen LogP contribution in [0.1, 0.15) is 5.89 Å². The number of rotatable bonds is 8. The maximum absolute atomic E-state index is 12.4. The van der Waals surface area contributed by atoms with E-state index in [0.29, 0.717) is 11.5 Å². The third-order valence-corrected chi connectivity index (χ3v) is 5.13. The van der Waals surface area contributed by atoms with Crippen LogP contribution in [0.25, 0.3) is 11.4 Å². The minimum atomic E-state index is -0.479. The van der Waals surface area contributed by atoms with Crippen molar-refractivity contribution in [2.45, 2.75) is 6.54 Å². The maximum Gasteiger partial charge on any atom is 0.270 e. The number of carbonyl (C=O) groups is 1. The van der Waals surface area contributed by atoms with Crippen LogP contribution in [0.2, 0.25) is 0 Å². The lowest BCUT2D eigenvalue weighted by atomic mass is 10.2. The number of carbonyl (C=O) groups excluding carboxylic acids is 1. The number of amides is 1. The van der Waals surface area contributed by atoms with Crippen LogP contribution in [0.5, 0.6) is 0 Å². The molecule has 1 saturated heterocycles. The van der Waals surface area contributed by atoms with Crippen LogP contribution >= 0.6 is 0 Å². The fourth-order valence-corrected chi connectivity index (χ4v) is 3.50. The quantitative estimate of drug-likeness (QED) is 0.405. The van der Waals surface area contributed by atoms with Gasteiger partial charge >= 0.3 is 0 Å². The van der Waals surface area contributed by atoms with Crippen LogP contribution < -0.4 is 10.2 Å². The molecular weight excluding hydrogens is 428 g/mol. The van der Waals surface area contributed by atoms with Gasteiger partial charge in [0.05, 0.1) is 31.2 Å². The van der Waals surface area contributed by atoms with Crippen molar-refractivity contribution in [3.05, 3.63) is 64.5 Å². The lowest BCUT2D eigenvalue weighted by Crippen LogP contribution is -2.36. The van der Waals surface area contributed by atoms with Crippen LogP contribution in [-0.4, -0.2) is 65.8 Å². The Morgan fingerprint density at radius 2 is 1.97 bits per heavy atom. The third-order valence-electron chi connectivity index (χ3n) is 5.13. The number of nitro benzene ring substituents is 1. The first-order valence-electron chi connectivity index (χ1n) is 10.5. The van der Waals surface area contributed by atoms with E-state index in [2.05, 4.69) is 20.4 Å². The van der Waals surface area contributed by atoms with Crippen molar-refractivity contribution in [3.63, 3.8) is 0 Å². The average molecular weight is 452 g/mol. The molecule has 2 heterocycles. The summed E-state index contributed by atoms with van der Waals surface area (Å²) in [5.74, 6) is 0.392. The first-order valence-corrected chi connectivity index (χ1v) is 10.5. The number of non-ortho nitro benzene ring substituents is 1. The molecule has 4 rings (SSSR count). The van der Waals surface area contributed by atoms with Crippen molar-refractivity contribution < 1.29 is 19.0 Å². The Kier molecular flexibility index (Phi) is 6.91. The molecule has 172 valence electrons. The molecule has 11 heteroatoms. The molecule has 0 bridgehead atoms. The predicted molar refractivity (Wildman–Crippen MR) is 121 cm³/mol. The van der Waals surface area contributed by atoms with Gasteiger partial charge in [-0.15, -0.1) is 0 Å². The zero-order valence-electron chi connectivity index (χ0n) is 18.1. The highest BCUT2D eigenvalue weighted by molar-refractivity contribution is 5.92. The Hall–Kier alpha value is -3.83. The van der Waals surface area contributed by atoms with Crippen LogP contribution in [0.15, 0.2) is 53.1 Å². The standard InChI is InChI=1S/C22H24N6O5/c1-26(15-21-24-22(25-33-21)16-3-2-4-19(13-16)28(30)31)14-20(29)23-17-5-7-18(8-6-17)27-9-11-32-12-10-27/h2-8,13H,9-12,14-15H2,1H3,(H,23,29). The number of hydrogen-bond acceptors (Lipinski definition) is 9. The Balaban J connectivity index is 1.29. The number of ether oxygens (including phenoxy) is 1. The van der Waals surface area contributed by atoms with E-state index >= 15 is 0 Å². The topological polar surface area (TPSA) is 127 Å². The fraction of sp³-hybridized carbons (Fsp3) is 0.318. The van der Waals surface area contributed by atoms with Crippen molar-refractivity contribution in [2.75, 3.05) is 50.1 Å². The van der Waals surface area contributed by atoms with Crippen molar-refractivity contribution in [1.82, 2.24) is 15.0 Å². The predicted octanol–water partition coefficient (Wildman–Crippen LogP) is 2.55. The Bertz CT molecular complexity index is 1110. The second-order valence-electron chi connectivity index (χ2n) is 7.69. The summed E-state index contributed by atoms with van der Waals surface area (Å²) in [4.78, 5) is 31.1. The Morgan fingerprint density at radius 1 is 1.21 bits per heavy atom. The number of aromatic nitrogens is 2. The molecule has 11 nitrogen and oxygen atoms in total. The highest BCUT2D eigenvalue weighted by atomic mass is 16.6. The van der Waals surface area contributed by atoms with Crippen LogP contribution in [0, 0.1) is 10.1 Å². The molecule has 0 unspecified atom stereocenters. The molecular formula is C22H24N6O5. The number of morpholine rings is 1. The van der Waals surface area contributed by atoms with E-state index < -0.39 is 4.92 Å². The summed E-state index contributed by atoms with van der Waals surface area (Å²) >= 11 is 0. The molecule has 1 N–H and O–H groups in total. The normalized spacial score (nSPS) is 13.8. The summed E-state index contributed by atoms with van der Waals surface area (Å²) in [5, 5.41) is 17.7. The number of likely N-dealkylation sites (N-methyl/N-ethyl adjacent to an activating group) is 1. The molecule has 0 atom stereocenters. The Labute approximate surface area is 190 Å². The molecule has 1 aliphatic rings. The van der Waals surface area contributed by atoms with Gasteiger partial charge in [-0.2, -0.15) is 4.98 Å². The molecule has 33 heavy (non-hydrogen) atoms. The van der Waals surface area contributed by atoms with Gasteiger partial charge in [0, 0.05) is 42.2 Å². The van der Waals surface area contributed by atoms with Crippen molar-refractivity contribution in [3.8, 4) is 11.4 Å². The maximum atomic E-state index is 12.4. The largest absolute Gasteiger partial charge is 0.378 e. The minimum absolute atomic E-state index is 0.0504. The Morgan fingerprint density at radius 3 is 2.70 bits per heavy atom. The molecule has 1 fully saturated rings. The molecule has 0 spiro atoms. The average Bonchev–Trinajstić information content (AvgIpc) is 3.28.